The van der Waals surface area contributed by atoms with Gasteiger partial charge < -0.3 is 34.6 Å². The lowest BCUT2D eigenvalue weighted by molar-refractivity contribution is 0.179. The van der Waals surface area contributed by atoms with Crippen molar-refractivity contribution in [3.05, 3.63) is 100 Å². The summed E-state index contributed by atoms with van der Waals surface area (Å²) in [7, 11) is 3.25. The van der Waals surface area contributed by atoms with Gasteiger partial charge in [-0.1, -0.05) is 29.8 Å². The van der Waals surface area contributed by atoms with Gasteiger partial charge >= 0.3 is 6.03 Å². The number of nitrogens with one attached hydrogen (secondary N) is 1. The smallest absolute Gasteiger partial charge is 0.318 e. The van der Waals surface area contributed by atoms with E-state index in [-0.39, 0.29) is 18.6 Å². The van der Waals surface area contributed by atoms with E-state index in [1.165, 1.54) is 18.2 Å². The number of urea groups is 1. The zero-order valence-corrected chi connectivity index (χ0v) is 23.9. The van der Waals surface area contributed by atoms with Crippen molar-refractivity contribution in [1.82, 2.24) is 15.2 Å². The Morgan fingerprint density at radius 1 is 1.05 bits per heavy atom. The largest absolute Gasteiger partial charge is 0.495 e. The highest BCUT2D eigenvalue weighted by Crippen LogP contribution is 2.42. The molecule has 1 unspecified atom stereocenters. The predicted molar refractivity (Wildman–Crippen MR) is 157 cm³/mol. The number of rotatable bonds is 9. The van der Waals surface area contributed by atoms with Crippen LogP contribution in [0.4, 0.5) is 10.5 Å². The number of amides is 2. The number of anilines is 1. The molecule has 214 valence electrons. The summed E-state index contributed by atoms with van der Waals surface area (Å²) in [6.07, 6.45) is 4.24. The molecule has 2 heterocycles. The number of aryl methyl sites for hydroxylation is 2. The van der Waals surface area contributed by atoms with E-state index >= 15 is 0 Å². The Kier molecular flexibility index (Phi) is 8.33. The second kappa shape index (κ2) is 12.2. The zero-order valence-electron chi connectivity index (χ0n) is 23.9. The number of fused-ring (bicyclic) bond motifs is 1. The maximum absolute atomic E-state index is 13.6. The molecule has 3 N–H and O–H groups in total. The summed E-state index contributed by atoms with van der Waals surface area (Å²) in [6.45, 7) is 5.42. The number of aromatic nitrogens is 1. The Morgan fingerprint density at radius 2 is 1.88 bits per heavy atom. The van der Waals surface area contributed by atoms with Crippen molar-refractivity contribution in [1.29, 1.82) is 0 Å². The van der Waals surface area contributed by atoms with E-state index in [4.69, 9.17) is 24.4 Å². The number of carbonyl (C=O) groups excluding carboxylic acids is 1. The molecule has 0 bridgehead atoms. The minimum absolute atomic E-state index is 0.168. The summed E-state index contributed by atoms with van der Waals surface area (Å²) >= 11 is 0. The molecule has 0 saturated carbocycles. The molecule has 9 nitrogen and oxygen atoms in total. The highest BCUT2D eigenvalue weighted by Gasteiger charge is 2.34. The highest BCUT2D eigenvalue weighted by molar-refractivity contribution is 5.76. The lowest BCUT2D eigenvalue weighted by Gasteiger charge is -2.38. The van der Waals surface area contributed by atoms with Gasteiger partial charge in [0, 0.05) is 13.0 Å². The van der Waals surface area contributed by atoms with Crippen LogP contribution in [-0.2, 0) is 19.4 Å². The summed E-state index contributed by atoms with van der Waals surface area (Å²) in [4.78, 5) is 19.6. The number of methoxy groups -OCH3 is 2. The van der Waals surface area contributed by atoms with E-state index in [2.05, 4.69) is 42.3 Å². The molecule has 5 rings (SSSR count). The van der Waals surface area contributed by atoms with Gasteiger partial charge in [-0.25, -0.2) is 9.78 Å². The third-order valence-electron chi connectivity index (χ3n) is 7.48. The van der Waals surface area contributed by atoms with Crippen LogP contribution in [-0.4, -0.2) is 43.3 Å². The molecular weight excluding hydrogens is 520 g/mol. The van der Waals surface area contributed by atoms with Crippen LogP contribution in [0.25, 0.3) is 0 Å². The van der Waals surface area contributed by atoms with Crippen molar-refractivity contribution < 1.29 is 23.4 Å². The molecule has 1 aliphatic rings. The average Bonchev–Trinajstić information content (AvgIpc) is 3.49. The Hall–Kier alpha value is -4.66. The molecular formula is C32H36N4O5. The lowest BCUT2D eigenvalue weighted by atomic mass is 9.85. The predicted octanol–water partition coefficient (Wildman–Crippen LogP) is 5.37. The molecule has 41 heavy (non-hydrogen) atoms. The molecule has 0 radical (unpaired) electrons. The van der Waals surface area contributed by atoms with Gasteiger partial charge in [-0.3, -0.25) is 0 Å². The molecule has 3 aromatic carbocycles. The fourth-order valence-corrected chi connectivity index (χ4v) is 5.40. The van der Waals surface area contributed by atoms with Crippen molar-refractivity contribution >= 4 is 11.7 Å². The molecule has 0 spiro atoms. The van der Waals surface area contributed by atoms with E-state index in [9.17, 15) is 4.79 Å². The number of benzene rings is 3. The minimum Gasteiger partial charge on any atom is -0.495 e. The van der Waals surface area contributed by atoms with Crippen molar-refractivity contribution in [3.8, 4) is 17.2 Å². The van der Waals surface area contributed by atoms with Crippen molar-refractivity contribution in [2.75, 3.05) is 33.1 Å². The number of nitrogen functional groups attached to an aromatic ring is 1. The minimum atomic E-state index is -0.300. The number of carbonyl (C=O) groups is 1. The van der Waals surface area contributed by atoms with Gasteiger partial charge in [-0.2, -0.15) is 0 Å². The Balaban J connectivity index is 1.44. The number of oxazole rings is 1. The Bertz CT molecular complexity index is 1520. The zero-order chi connectivity index (χ0) is 28.9. The van der Waals surface area contributed by atoms with Gasteiger partial charge in [-0.15, -0.1) is 0 Å². The number of nitrogens with zero attached hydrogens (tertiary/aromatic N) is 2. The van der Waals surface area contributed by atoms with E-state index in [1.807, 2.05) is 35.2 Å². The van der Waals surface area contributed by atoms with Gasteiger partial charge in [0.05, 0.1) is 44.8 Å². The fourth-order valence-electron chi connectivity index (χ4n) is 5.40. The van der Waals surface area contributed by atoms with Gasteiger partial charge in [0.2, 0.25) is 0 Å². The second-order valence-electron chi connectivity index (χ2n) is 10.2. The average molecular weight is 557 g/mol. The van der Waals surface area contributed by atoms with E-state index in [0.29, 0.717) is 54.6 Å². The van der Waals surface area contributed by atoms with Crippen molar-refractivity contribution in [2.45, 2.75) is 39.3 Å². The molecule has 0 saturated heterocycles. The van der Waals surface area contributed by atoms with E-state index in [1.54, 1.807) is 14.2 Å². The van der Waals surface area contributed by atoms with Gasteiger partial charge in [0.25, 0.3) is 0 Å². The molecule has 0 aliphatic carbocycles. The van der Waals surface area contributed by atoms with Crippen LogP contribution in [0.15, 0.2) is 65.6 Å². The van der Waals surface area contributed by atoms with Crippen molar-refractivity contribution in [2.24, 2.45) is 0 Å². The SMILES string of the molecule is COc1ccc(CCOc2cc3c(cc2OC)CCN(C(=O)NCc2cocn2)C3c2ccc(C)cc2C)cc1N. The first-order valence-corrected chi connectivity index (χ1v) is 13.6. The first-order chi connectivity index (χ1) is 19.9. The summed E-state index contributed by atoms with van der Waals surface area (Å²) in [5.74, 6) is 1.95. The number of nitrogens with two attached hydrogens (primary N) is 1. The van der Waals surface area contributed by atoms with Crippen LogP contribution in [0.3, 0.4) is 0 Å². The second-order valence-corrected chi connectivity index (χ2v) is 10.2. The Labute approximate surface area is 240 Å². The summed E-state index contributed by atoms with van der Waals surface area (Å²) in [6, 6.07) is 15.7. The van der Waals surface area contributed by atoms with Crippen LogP contribution in [0.2, 0.25) is 0 Å². The molecule has 2 amide bonds. The molecule has 4 aromatic rings. The maximum atomic E-state index is 13.6. The fraction of sp³-hybridized carbons (Fsp3) is 0.312. The third kappa shape index (κ3) is 6.09. The topological polar surface area (TPSA) is 112 Å². The van der Waals surface area contributed by atoms with Gasteiger partial charge in [-0.05, 0) is 72.4 Å². The van der Waals surface area contributed by atoms with E-state index < -0.39 is 0 Å². The summed E-state index contributed by atoms with van der Waals surface area (Å²) in [5.41, 5.74) is 13.9. The summed E-state index contributed by atoms with van der Waals surface area (Å²) in [5, 5.41) is 3.01. The van der Waals surface area contributed by atoms with Gasteiger partial charge in [0.15, 0.2) is 17.9 Å². The quantitative estimate of drug-likeness (QED) is 0.267. The summed E-state index contributed by atoms with van der Waals surface area (Å²) < 4.78 is 22.3. The molecule has 1 aliphatic heterocycles. The first kappa shape index (κ1) is 27.9. The van der Waals surface area contributed by atoms with Crippen LogP contribution in [0.1, 0.15) is 45.1 Å². The number of ether oxygens (including phenoxy) is 3. The number of hydrogen-bond donors (Lipinski definition) is 2. The van der Waals surface area contributed by atoms with Crippen LogP contribution < -0.4 is 25.3 Å². The first-order valence-electron chi connectivity index (χ1n) is 13.6. The number of hydrogen-bond acceptors (Lipinski definition) is 7. The molecule has 1 aromatic heterocycles. The van der Waals surface area contributed by atoms with Gasteiger partial charge in [0.1, 0.15) is 12.0 Å². The lowest BCUT2D eigenvalue weighted by Crippen LogP contribution is -2.46. The van der Waals surface area contributed by atoms with Crippen LogP contribution in [0, 0.1) is 13.8 Å². The maximum Gasteiger partial charge on any atom is 0.318 e. The standard InChI is InChI=1S/C32H36N4O5/c1-20-5-7-25(21(2)13-20)31-26-16-30(41-12-10-22-6-8-28(38-3)27(33)14-22)29(39-4)15-23(26)9-11-36(31)32(37)34-17-24-18-40-19-35-24/h5-8,13-16,18-19,31H,9-12,17,33H2,1-4H3,(H,34,37). The Morgan fingerprint density at radius 3 is 2.59 bits per heavy atom. The van der Waals surface area contributed by atoms with E-state index in [0.717, 1.165) is 27.8 Å². The van der Waals surface area contributed by atoms with Crippen LogP contribution in [0.5, 0.6) is 17.2 Å². The normalized spacial score (nSPS) is 14.3. The molecule has 1 atom stereocenters. The monoisotopic (exact) mass is 556 g/mol. The molecule has 0 fully saturated rings. The third-order valence-corrected chi connectivity index (χ3v) is 7.48. The van der Waals surface area contributed by atoms with Crippen LogP contribution >= 0.6 is 0 Å². The van der Waals surface area contributed by atoms with Crippen molar-refractivity contribution in [3.63, 3.8) is 0 Å². The highest BCUT2D eigenvalue weighted by atomic mass is 16.5. The molecule has 9 heteroatoms.